The largest absolute Gasteiger partial charge is 0.497 e. The van der Waals surface area contributed by atoms with Crippen LogP contribution in [0.1, 0.15) is 23.0 Å². The van der Waals surface area contributed by atoms with Crippen molar-refractivity contribution >= 4 is 28.3 Å². The standard InChI is InChI=1S/C28H26N2O5/c1-17-12-14-19(15-13-17)24-22-10-5-6-11-23(22)27(32)30(3)25(24)28(33)35-18(2)26(31)29-20-8-7-9-21(16-20)34-4/h5-16,18H,1-4H3,(H,29,31). The van der Waals surface area contributed by atoms with Crippen molar-refractivity contribution < 1.29 is 19.1 Å². The molecule has 4 aromatic rings. The summed E-state index contributed by atoms with van der Waals surface area (Å²) in [5, 5.41) is 3.85. The third-order valence-electron chi connectivity index (χ3n) is 5.83. The number of anilines is 1. The Balaban J connectivity index is 1.72. The van der Waals surface area contributed by atoms with Crippen LogP contribution in [0.15, 0.2) is 77.6 Å². The zero-order valence-corrected chi connectivity index (χ0v) is 20.0. The molecule has 1 unspecified atom stereocenters. The summed E-state index contributed by atoms with van der Waals surface area (Å²) in [7, 11) is 3.06. The summed E-state index contributed by atoms with van der Waals surface area (Å²) in [5.41, 5.74) is 2.68. The van der Waals surface area contributed by atoms with Gasteiger partial charge in [-0.3, -0.25) is 9.59 Å². The maximum atomic E-state index is 13.4. The zero-order chi connectivity index (χ0) is 25.1. The second kappa shape index (κ2) is 9.85. The summed E-state index contributed by atoms with van der Waals surface area (Å²) in [6.07, 6.45) is -1.11. The number of carbonyl (C=O) groups is 2. The van der Waals surface area contributed by atoms with E-state index >= 15 is 0 Å². The Kier molecular flexibility index (Phi) is 6.68. The highest BCUT2D eigenvalue weighted by atomic mass is 16.5. The second-order valence-corrected chi connectivity index (χ2v) is 8.27. The first-order valence-electron chi connectivity index (χ1n) is 11.1. The highest BCUT2D eigenvalue weighted by Gasteiger charge is 2.26. The van der Waals surface area contributed by atoms with E-state index < -0.39 is 18.0 Å². The van der Waals surface area contributed by atoms with Crippen LogP contribution in [0.4, 0.5) is 5.69 Å². The molecule has 3 aromatic carbocycles. The molecule has 1 N–H and O–H groups in total. The van der Waals surface area contributed by atoms with E-state index in [4.69, 9.17) is 9.47 Å². The molecule has 1 aromatic heterocycles. The number of nitrogens with one attached hydrogen (secondary N) is 1. The lowest BCUT2D eigenvalue weighted by molar-refractivity contribution is -0.123. The van der Waals surface area contributed by atoms with Gasteiger partial charge in [0.25, 0.3) is 11.5 Å². The fourth-order valence-corrected chi connectivity index (χ4v) is 3.93. The van der Waals surface area contributed by atoms with Crippen LogP contribution in [0.5, 0.6) is 5.75 Å². The number of hydrogen-bond donors (Lipinski definition) is 1. The SMILES string of the molecule is COc1cccc(NC(=O)C(C)OC(=O)c2c(-c3ccc(C)cc3)c3ccccc3c(=O)n2C)c1. The number of aromatic nitrogens is 1. The van der Waals surface area contributed by atoms with Crippen molar-refractivity contribution in [2.45, 2.75) is 20.0 Å². The Morgan fingerprint density at radius 1 is 0.943 bits per heavy atom. The minimum Gasteiger partial charge on any atom is -0.497 e. The average Bonchev–Trinajstić information content (AvgIpc) is 2.86. The molecule has 178 valence electrons. The minimum absolute atomic E-state index is 0.0820. The minimum atomic E-state index is -1.11. The van der Waals surface area contributed by atoms with Crippen LogP contribution in [-0.4, -0.2) is 29.7 Å². The van der Waals surface area contributed by atoms with Crippen molar-refractivity contribution in [3.63, 3.8) is 0 Å². The van der Waals surface area contributed by atoms with Gasteiger partial charge in [0, 0.05) is 29.8 Å². The van der Waals surface area contributed by atoms with Crippen molar-refractivity contribution in [1.82, 2.24) is 4.57 Å². The molecule has 0 aliphatic rings. The molecule has 0 radical (unpaired) electrons. The fourth-order valence-electron chi connectivity index (χ4n) is 3.93. The number of hydrogen-bond acceptors (Lipinski definition) is 5. The molecule has 0 saturated heterocycles. The van der Waals surface area contributed by atoms with Gasteiger partial charge in [-0.2, -0.15) is 0 Å². The summed E-state index contributed by atoms with van der Waals surface area (Å²) in [5.74, 6) is -0.685. The van der Waals surface area contributed by atoms with Gasteiger partial charge in [-0.1, -0.05) is 54.1 Å². The van der Waals surface area contributed by atoms with Crippen molar-refractivity contribution in [2.75, 3.05) is 12.4 Å². The third-order valence-corrected chi connectivity index (χ3v) is 5.83. The van der Waals surface area contributed by atoms with Gasteiger partial charge in [-0.05, 0) is 43.0 Å². The van der Waals surface area contributed by atoms with Crippen molar-refractivity contribution in [3.8, 4) is 16.9 Å². The van der Waals surface area contributed by atoms with E-state index in [1.807, 2.05) is 43.3 Å². The number of nitrogens with zero attached hydrogens (tertiary/aromatic N) is 1. The number of amides is 1. The summed E-state index contributed by atoms with van der Waals surface area (Å²) in [6, 6.07) is 21.7. The van der Waals surface area contributed by atoms with Crippen LogP contribution in [0.3, 0.4) is 0 Å². The summed E-state index contributed by atoms with van der Waals surface area (Å²) >= 11 is 0. The van der Waals surface area contributed by atoms with E-state index in [-0.39, 0.29) is 11.3 Å². The molecule has 0 aliphatic carbocycles. The van der Waals surface area contributed by atoms with Crippen LogP contribution in [-0.2, 0) is 16.6 Å². The summed E-state index contributed by atoms with van der Waals surface area (Å²) in [6.45, 7) is 3.46. The third kappa shape index (κ3) is 4.80. The van der Waals surface area contributed by atoms with Crippen molar-refractivity contribution in [1.29, 1.82) is 0 Å². The molecule has 7 heteroatoms. The summed E-state index contributed by atoms with van der Waals surface area (Å²) < 4.78 is 12.0. The van der Waals surface area contributed by atoms with Gasteiger partial charge in [0.1, 0.15) is 11.4 Å². The van der Waals surface area contributed by atoms with E-state index in [1.165, 1.54) is 25.6 Å². The van der Waals surface area contributed by atoms with Gasteiger partial charge in [0.2, 0.25) is 0 Å². The average molecular weight is 471 g/mol. The molecule has 0 saturated carbocycles. The number of pyridine rings is 1. The fraction of sp³-hybridized carbons (Fsp3) is 0.179. The number of carbonyl (C=O) groups excluding carboxylic acids is 2. The normalized spacial score (nSPS) is 11.7. The number of fused-ring (bicyclic) bond motifs is 1. The number of rotatable bonds is 6. The van der Waals surface area contributed by atoms with Crippen molar-refractivity contribution in [3.05, 3.63) is 94.4 Å². The molecule has 1 heterocycles. The predicted molar refractivity (Wildman–Crippen MR) is 136 cm³/mol. The molecule has 0 bridgehead atoms. The van der Waals surface area contributed by atoms with E-state index in [2.05, 4.69) is 5.32 Å². The lowest BCUT2D eigenvalue weighted by atomic mass is 9.96. The number of aryl methyl sites for hydroxylation is 1. The highest BCUT2D eigenvalue weighted by molar-refractivity contribution is 6.07. The predicted octanol–water partition coefficient (Wildman–Crippen LogP) is 4.71. The highest BCUT2D eigenvalue weighted by Crippen LogP contribution is 2.31. The lowest BCUT2D eigenvalue weighted by Gasteiger charge is -2.19. The first kappa shape index (κ1) is 23.8. The Labute approximate surface area is 202 Å². The number of benzene rings is 3. The molecule has 4 rings (SSSR count). The van der Waals surface area contributed by atoms with Crippen LogP contribution in [0.2, 0.25) is 0 Å². The molecule has 7 nitrogen and oxygen atoms in total. The lowest BCUT2D eigenvalue weighted by Crippen LogP contribution is -2.32. The maximum Gasteiger partial charge on any atom is 0.356 e. The molecule has 1 amide bonds. The molecular weight excluding hydrogens is 444 g/mol. The smallest absolute Gasteiger partial charge is 0.356 e. The Morgan fingerprint density at radius 2 is 1.63 bits per heavy atom. The molecular formula is C28H26N2O5. The van der Waals surface area contributed by atoms with Crippen LogP contribution in [0.25, 0.3) is 21.9 Å². The molecule has 0 aliphatic heterocycles. The van der Waals surface area contributed by atoms with Gasteiger partial charge in [-0.15, -0.1) is 0 Å². The monoisotopic (exact) mass is 470 g/mol. The first-order chi connectivity index (χ1) is 16.8. The molecule has 1 atom stereocenters. The van der Waals surface area contributed by atoms with Gasteiger partial charge in [-0.25, -0.2) is 4.79 Å². The van der Waals surface area contributed by atoms with Gasteiger partial charge < -0.3 is 19.4 Å². The molecule has 0 spiro atoms. The van der Waals surface area contributed by atoms with E-state index in [9.17, 15) is 14.4 Å². The van der Waals surface area contributed by atoms with Crippen LogP contribution >= 0.6 is 0 Å². The van der Waals surface area contributed by atoms with E-state index in [0.717, 1.165) is 11.1 Å². The second-order valence-electron chi connectivity index (χ2n) is 8.27. The number of ether oxygens (including phenoxy) is 2. The quantitative estimate of drug-likeness (QED) is 0.413. The van der Waals surface area contributed by atoms with Crippen LogP contribution in [0, 0.1) is 6.92 Å². The van der Waals surface area contributed by atoms with E-state index in [1.54, 1.807) is 36.4 Å². The van der Waals surface area contributed by atoms with Gasteiger partial charge in [0.05, 0.1) is 7.11 Å². The maximum absolute atomic E-state index is 13.4. The molecule has 35 heavy (non-hydrogen) atoms. The number of methoxy groups -OCH3 is 1. The van der Waals surface area contributed by atoms with E-state index in [0.29, 0.717) is 27.8 Å². The Bertz CT molecular complexity index is 1470. The van der Waals surface area contributed by atoms with Gasteiger partial charge in [0.15, 0.2) is 6.10 Å². The first-order valence-corrected chi connectivity index (χ1v) is 11.1. The Morgan fingerprint density at radius 3 is 2.31 bits per heavy atom. The Hall–Kier alpha value is -4.39. The van der Waals surface area contributed by atoms with Gasteiger partial charge >= 0.3 is 5.97 Å². The molecule has 0 fully saturated rings. The summed E-state index contributed by atoms with van der Waals surface area (Å²) in [4.78, 5) is 39.2. The van der Waals surface area contributed by atoms with Crippen LogP contribution < -0.4 is 15.6 Å². The topological polar surface area (TPSA) is 86.6 Å². The number of esters is 1. The zero-order valence-electron chi connectivity index (χ0n) is 20.0. The van der Waals surface area contributed by atoms with Crippen molar-refractivity contribution in [2.24, 2.45) is 7.05 Å².